The molecule has 0 radical (unpaired) electrons. The zero-order valence-electron chi connectivity index (χ0n) is 25.2. The summed E-state index contributed by atoms with van der Waals surface area (Å²) in [5.41, 5.74) is 4.19. The third-order valence-electron chi connectivity index (χ3n) is 7.94. The molecule has 0 saturated carbocycles. The average molecular weight is 604 g/mol. The fourth-order valence-electron chi connectivity index (χ4n) is 5.94. The summed E-state index contributed by atoms with van der Waals surface area (Å²) < 4.78 is 22.8. The van der Waals surface area contributed by atoms with E-state index in [1.165, 1.54) is 6.26 Å². The molecule has 5 rings (SSSR count). The lowest BCUT2D eigenvalue weighted by Gasteiger charge is -2.36. The van der Waals surface area contributed by atoms with Gasteiger partial charge in [-0.15, -0.1) is 0 Å². The van der Waals surface area contributed by atoms with Crippen LogP contribution in [0, 0.1) is 6.92 Å². The van der Waals surface area contributed by atoms with Gasteiger partial charge in [0.05, 0.1) is 36.9 Å². The topological polar surface area (TPSA) is 104 Å². The van der Waals surface area contributed by atoms with Crippen molar-refractivity contribution in [3.8, 4) is 11.5 Å². The number of thioether (sulfide) groups is 1. The van der Waals surface area contributed by atoms with E-state index in [0.29, 0.717) is 58.2 Å². The summed E-state index contributed by atoms with van der Waals surface area (Å²) in [6.45, 7) is 8.38. The molecule has 1 N–H and O–H groups in total. The Hall–Kier alpha value is -3.98. The van der Waals surface area contributed by atoms with E-state index in [1.54, 1.807) is 37.9 Å². The number of allylic oxidation sites excluding steroid dienone is 3. The summed E-state index contributed by atoms with van der Waals surface area (Å²) in [6, 6.07) is 11.1. The molecule has 2 heterocycles. The van der Waals surface area contributed by atoms with E-state index in [9.17, 15) is 14.4 Å². The molecule has 2 aromatic carbocycles. The summed E-state index contributed by atoms with van der Waals surface area (Å²) >= 11 is 1.67. The second kappa shape index (κ2) is 13.1. The zero-order valence-corrected chi connectivity index (χ0v) is 26.0. The fraction of sp³-hybridized carbons (Fsp3) is 0.382. The molecule has 2 atom stereocenters. The number of carbonyl (C=O) groups excluding carboxylic acids is 2. The van der Waals surface area contributed by atoms with E-state index < -0.39 is 11.9 Å². The minimum absolute atomic E-state index is 0.132. The van der Waals surface area contributed by atoms with Crippen LogP contribution in [0.4, 0.5) is 0 Å². The summed E-state index contributed by atoms with van der Waals surface area (Å²) in [7, 11) is 1.59. The first-order chi connectivity index (χ1) is 20.8. The minimum atomic E-state index is -0.910. The largest absolute Gasteiger partial charge is 0.493 e. The van der Waals surface area contributed by atoms with Crippen molar-refractivity contribution in [2.75, 3.05) is 31.8 Å². The molecule has 0 spiro atoms. The summed E-state index contributed by atoms with van der Waals surface area (Å²) in [6.07, 6.45) is 2.12. The smallest absolute Gasteiger partial charge is 0.336 e. The number of hydrogen-bond donors (Lipinski definition) is 1. The van der Waals surface area contributed by atoms with Crippen molar-refractivity contribution in [2.45, 2.75) is 52.4 Å². The number of aryl methyl sites for hydroxylation is 1. The van der Waals surface area contributed by atoms with Crippen LogP contribution >= 0.6 is 11.8 Å². The molecule has 1 aliphatic carbocycles. The van der Waals surface area contributed by atoms with Crippen LogP contribution in [0.3, 0.4) is 0 Å². The van der Waals surface area contributed by atoms with Crippen LogP contribution in [-0.4, -0.2) is 43.6 Å². The number of esters is 1. The van der Waals surface area contributed by atoms with Crippen LogP contribution in [0.2, 0.25) is 0 Å². The van der Waals surface area contributed by atoms with E-state index in [1.807, 2.05) is 45.0 Å². The van der Waals surface area contributed by atoms with E-state index in [2.05, 4.69) is 5.32 Å². The Morgan fingerprint density at radius 2 is 1.88 bits per heavy atom. The number of fused-ring (bicyclic) bond motifs is 1. The van der Waals surface area contributed by atoms with Gasteiger partial charge in [-0.25, -0.2) is 4.79 Å². The highest BCUT2D eigenvalue weighted by Gasteiger charge is 2.43. The Balaban J connectivity index is 1.59. The number of hydrogen-bond acceptors (Lipinski definition) is 9. The van der Waals surface area contributed by atoms with E-state index in [0.717, 1.165) is 16.9 Å². The number of ether oxygens (including phenoxy) is 3. The van der Waals surface area contributed by atoms with Crippen molar-refractivity contribution >= 4 is 34.5 Å². The number of nitrogens with one attached hydrogen (secondary N) is 1. The van der Waals surface area contributed by atoms with Crippen molar-refractivity contribution in [3.63, 3.8) is 0 Å². The normalized spacial score (nSPS) is 18.4. The van der Waals surface area contributed by atoms with E-state index in [-0.39, 0.29) is 41.3 Å². The van der Waals surface area contributed by atoms with Gasteiger partial charge in [0.1, 0.15) is 12.2 Å². The van der Waals surface area contributed by atoms with Crippen LogP contribution in [0.25, 0.3) is 11.0 Å². The number of Topliss-reactive ketones (excluding diaryl/α,β-unsaturated/α-hetero) is 1. The van der Waals surface area contributed by atoms with Crippen LogP contribution in [-0.2, 0) is 14.3 Å². The Kier molecular flexibility index (Phi) is 9.30. The Bertz CT molecular complexity index is 1690. The highest BCUT2D eigenvalue weighted by atomic mass is 32.2. The van der Waals surface area contributed by atoms with Crippen LogP contribution in [0.5, 0.6) is 11.5 Å². The Morgan fingerprint density at radius 1 is 1.07 bits per heavy atom. The molecular formula is C34H37NO7S. The van der Waals surface area contributed by atoms with Gasteiger partial charge >= 0.3 is 5.97 Å². The third kappa shape index (κ3) is 6.09. The van der Waals surface area contributed by atoms with Gasteiger partial charge in [-0.1, -0.05) is 24.6 Å². The molecule has 0 unspecified atom stereocenters. The number of carbonyl (C=O) groups is 2. The first-order valence-corrected chi connectivity index (χ1v) is 15.7. The predicted octanol–water partition coefficient (Wildman–Crippen LogP) is 6.17. The lowest BCUT2D eigenvalue weighted by molar-refractivity contribution is -0.138. The maximum atomic E-state index is 14.1. The van der Waals surface area contributed by atoms with Gasteiger partial charge in [-0.05, 0) is 68.7 Å². The predicted molar refractivity (Wildman–Crippen MR) is 168 cm³/mol. The average Bonchev–Trinajstić information content (AvgIpc) is 2.99. The lowest BCUT2D eigenvalue weighted by atomic mass is 9.72. The Labute approximate surface area is 255 Å². The Morgan fingerprint density at radius 3 is 2.63 bits per heavy atom. The highest BCUT2D eigenvalue weighted by molar-refractivity contribution is 7.99. The summed E-state index contributed by atoms with van der Waals surface area (Å²) in [5, 5.41) is 3.76. The van der Waals surface area contributed by atoms with Crippen LogP contribution in [0.1, 0.15) is 62.1 Å². The summed E-state index contributed by atoms with van der Waals surface area (Å²) in [4.78, 5) is 41.6. The molecule has 0 amide bonds. The molecule has 1 aliphatic heterocycles. The molecule has 9 heteroatoms. The van der Waals surface area contributed by atoms with Gasteiger partial charge in [-0.3, -0.25) is 9.59 Å². The minimum Gasteiger partial charge on any atom is -0.493 e. The van der Waals surface area contributed by atoms with E-state index in [4.69, 9.17) is 18.6 Å². The van der Waals surface area contributed by atoms with Crippen molar-refractivity contribution < 1.29 is 28.2 Å². The molecule has 226 valence electrons. The van der Waals surface area contributed by atoms with Crippen molar-refractivity contribution in [2.24, 2.45) is 0 Å². The molecule has 0 saturated heterocycles. The van der Waals surface area contributed by atoms with Gasteiger partial charge < -0.3 is 23.9 Å². The second-order valence-electron chi connectivity index (χ2n) is 10.7. The first kappa shape index (κ1) is 30.5. The zero-order chi connectivity index (χ0) is 30.7. The van der Waals surface area contributed by atoms with E-state index >= 15 is 0 Å². The highest BCUT2D eigenvalue weighted by Crippen LogP contribution is 2.46. The molecule has 0 fully saturated rings. The van der Waals surface area contributed by atoms with Crippen molar-refractivity contribution in [1.82, 2.24) is 5.32 Å². The van der Waals surface area contributed by atoms with Crippen LogP contribution in [0.15, 0.2) is 74.4 Å². The number of benzene rings is 2. The number of methoxy groups -OCH3 is 1. The lowest BCUT2D eigenvalue weighted by Crippen LogP contribution is -2.37. The number of ketones is 1. The molecular weight excluding hydrogens is 566 g/mol. The second-order valence-corrected chi connectivity index (χ2v) is 12.1. The standard InChI is InChI=1S/C34H37NO7S/c1-6-40-28-11-9-21(17-29(28)39-5)22-15-25-32(26(36)16-22)31(30(20(4)35-25)34(38)41-12-13-43-7-2)24-18-42-27-10-8-19(3)14-23(27)33(24)37/h8-11,14,17-18,22,31,35H,6-7,12-13,15-16H2,1-5H3/t22-,31+/m0/s1. The SMILES string of the molecule is CCOc1ccc([C@@H]2CC(=O)C3=C(C2)NC(C)=C(C(=O)OCCSCC)[C@H]3c2coc3ccc(C)cc3c2=O)cc1OC. The maximum absolute atomic E-state index is 14.1. The fourth-order valence-corrected chi connectivity index (χ4v) is 6.43. The molecule has 43 heavy (non-hydrogen) atoms. The van der Waals surface area contributed by atoms with Gasteiger partial charge in [0, 0.05) is 34.7 Å². The monoisotopic (exact) mass is 603 g/mol. The van der Waals surface area contributed by atoms with Crippen molar-refractivity contribution in [1.29, 1.82) is 0 Å². The maximum Gasteiger partial charge on any atom is 0.336 e. The third-order valence-corrected chi connectivity index (χ3v) is 8.80. The van der Waals surface area contributed by atoms with Crippen molar-refractivity contribution in [3.05, 3.63) is 92.1 Å². The van der Waals surface area contributed by atoms with Gasteiger partial charge in [0.2, 0.25) is 0 Å². The molecule has 2 aliphatic rings. The molecule has 3 aromatic rings. The molecule has 1 aromatic heterocycles. The summed E-state index contributed by atoms with van der Waals surface area (Å²) in [5.74, 6) is 1.08. The first-order valence-electron chi connectivity index (χ1n) is 14.6. The quantitative estimate of drug-likeness (QED) is 0.215. The van der Waals surface area contributed by atoms with Gasteiger partial charge in [0.25, 0.3) is 0 Å². The van der Waals surface area contributed by atoms with Crippen LogP contribution < -0.4 is 20.2 Å². The number of rotatable bonds is 10. The van der Waals surface area contributed by atoms with Gasteiger partial charge in [-0.2, -0.15) is 11.8 Å². The van der Waals surface area contributed by atoms with Gasteiger partial charge in [0.15, 0.2) is 22.7 Å². The molecule has 0 bridgehead atoms. The number of dihydropyridines is 1. The molecule has 8 nitrogen and oxygen atoms in total.